The van der Waals surface area contributed by atoms with Crippen molar-refractivity contribution in [3.8, 4) is 33.4 Å². The molecule has 11 rings (SSSR count). The van der Waals surface area contributed by atoms with Crippen molar-refractivity contribution < 1.29 is 4.42 Å². The fourth-order valence-corrected chi connectivity index (χ4v) is 8.99. The van der Waals surface area contributed by atoms with Crippen molar-refractivity contribution in [2.45, 2.75) is 12.3 Å². The Morgan fingerprint density at radius 1 is 0.460 bits per heavy atom. The SMILES string of the molecule is CC1(c2ccccc2)c2ccccc2-c2c(N(c3ccc4c(c3)-c3cccc5cccc-4c35)c3ccc4c(c3)oc3ccccc34)cccc21. The number of hydrogen-bond acceptors (Lipinski definition) is 2. The van der Waals surface area contributed by atoms with Gasteiger partial charge in [-0.25, -0.2) is 0 Å². The molecule has 1 unspecified atom stereocenters. The summed E-state index contributed by atoms with van der Waals surface area (Å²) in [5.74, 6) is 0. The van der Waals surface area contributed by atoms with Crippen LogP contribution in [0.15, 0.2) is 174 Å². The topological polar surface area (TPSA) is 16.4 Å². The van der Waals surface area contributed by atoms with Gasteiger partial charge in [0.1, 0.15) is 11.2 Å². The van der Waals surface area contributed by atoms with E-state index in [1.54, 1.807) is 0 Å². The Labute approximate surface area is 290 Å². The van der Waals surface area contributed by atoms with Crippen LogP contribution < -0.4 is 4.90 Å². The number of fused-ring (bicyclic) bond motifs is 9. The average molecular weight is 638 g/mol. The number of nitrogens with zero attached hydrogens (tertiary/aromatic N) is 1. The maximum absolute atomic E-state index is 6.48. The maximum Gasteiger partial charge on any atom is 0.137 e. The summed E-state index contributed by atoms with van der Waals surface area (Å²) in [4.78, 5) is 2.45. The molecule has 0 saturated carbocycles. The molecule has 2 heteroatoms. The van der Waals surface area contributed by atoms with Crippen LogP contribution in [-0.4, -0.2) is 0 Å². The van der Waals surface area contributed by atoms with Crippen molar-refractivity contribution in [2.24, 2.45) is 0 Å². The van der Waals surface area contributed by atoms with Gasteiger partial charge in [0.25, 0.3) is 0 Å². The Hall–Kier alpha value is -6.38. The lowest BCUT2D eigenvalue weighted by atomic mass is 9.74. The third kappa shape index (κ3) is 3.63. The van der Waals surface area contributed by atoms with Crippen molar-refractivity contribution in [3.63, 3.8) is 0 Å². The summed E-state index contributed by atoms with van der Waals surface area (Å²) in [6.07, 6.45) is 0. The minimum atomic E-state index is -0.299. The molecule has 2 nitrogen and oxygen atoms in total. The van der Waals surface area contributed by atoms with E-state index in [1.165, 1.54) is 60.8 Å². The molecule has 0 saturated heterocycles. The minimum Gasteiger partial charge on any atom is -0.456 e. The third-order valence-electron chi connectivity index (χ3n) is 11.3. The molecule has 50 heavy (non-hydrogen) atoms. The van der Waals surface area contributed by atoms with E-state index >= 15 is 0 Å². The van der Waals surface area contributed by atoms with Gasteiger partial charge in [-0.3, -0.25) is 0 Å². The predicted octanol–water partition coefficient (Wildman–Crippen LogP) is 13.2. The number of rotatable bonds is 4. The summed E-state index contributed by atoms with van der Waals surface area (Å²) in [6, 6.07) is 62.1. The average Bonchev–Trinajstić information content (AvgIpc) is 3.80. The molecule has 0 N–H and O–H groups in total. The van der Waals surface area contributed by atoms with Gasteiger partial charge < -0.3 is 9.32 Å². The minimum absolute atomic E-state index is 0.299. The lowest BCUT2D eigenvalue weighted by molar-refractivity contribution is 0.669. The third-order valence-corrected chi connectivity index (χ3v) is 11.3. The molecular formula is C48H31NO. The van der Waals surface area contributed by atoms with E-state index in [4.69, 9.17) is 4.42 Å². The molecular weight excluding hydrogens is 607 g/mol. The Morgan fingerprint density at radius 2 is 1.12 bits per heavy atom. The van der Waals surface area contributed by atoms with Crippen LogP contribution >= 0.6 is 0 Å². The summed E-state index contributed by atoms with van der Waals surface area (Å²) in [5, 5.41) is 4.88. The molecule has 0 aliphatic heterocycles. The van der Waals surface area contributed by atoms with E-state index in [2.05, 4.69) is 176 Å². The fourth-order valence-electron chi connectivity index (χ4n) is 8.99. The Kier molecular flexibility index (Phi) is 5.55. The Bertz CT molecular complexity index is 2840. The highest BCUT2D eigenvalue weighted by Crippen LogP contribution is 2.57. The summed E-state index contributed by atoms with van der Waals surface area (Å²) in [5.41, 5.74) is 16.5. The lowest BCUT2D eigenvalue weighted by Crippen LogP contribution is -2.22. The van der Waals surface area contributed by atoms with Gasteiger partial charge >= 0.3 is 0 Å². The van der Waals surface area contributed by atoms with Gasteiger partial charge in [-0.05, 0) is 98.6 Å². The molecule has 2 aliphatic rings. The molecule has 8 aromatic carbocycles. The smallest absolute Gasteiger partial charge is 0.137 e. The van der Waals surface area contributed by atoms with Crippen LogP contribution in [-0.2, 0) is 5.41 Å². The number of hydrogen-bond donors (Lipinski definition) is 0. The summed E-state index contributed by atoms with van der Waals surface area (Å²) < 4.78 is 6.48. The molecule has 2 aliphatic carbocycles. The monoisotopic (exact) mass is 637 g/mol. The summed E-state index contributed by atoms with van der Waals surface area (Å²) in [6.45, 7) is 2.38. The molecule has 9 aromatic rings. The van der Waals surface area contributed by atoms with Gasteiger partial charge in [0.05, 0.1) is 5.69 Å². The van der Waals surface area contributed by atoms with E-state index in [-0.39, 0.29) is 5.41 Å². The van der Waals surface area contributed by atoms with Crippen molar-refractivity contribution >= 4 is 49.8 Å². The zero-order valence-electron chi connectivity index (χ0n) is 27.5. The van der Waals surface area contributed by atoms with Crippen molar-refractivity contribution in [1.82, 2.24) is 0 Å². The van der Waals surface area contributed by atoms with E-state index in [1.807, 2.05) is 6.07 Å². The van der Waals surface area contributed by atoms with Crippen LogP contribution in [0.4, 0.5) is 17.1 Å². The van der Waals surface area contributed by atoms with Crippen LogP contribution in [0.25, 0.3) is 66.1 Å². The molecule has 0 bridgehead atoms. The Balaban J connectivity index is 1.19. The normalized spacial score (nSPS) is 15.4. The van der Waals surface area contributed by atoms with Crippen LogP contribution in [0.3, 0.4) is 0 Å². The highest BCUT2D eigenvalue weighted by atomic mass is 16.3. The van der Waals surface area contributed by atoms with Crippen molar-refractivity contribution in [2.75, 3.05) is 4.90 Å². The number of anilines is 3. The second-order valence-corrected chi connectivity index (χ2v) is 13.8. The number of furan rings is 1. The molecule has 1 heterocycles. The van der Waals surface area contributed by atoms with Gasteiger partial charge in [0.2, 0.25) is 0 Å². The molecule has 0 fully saturated rings. The number of para-hydroxylation sites is 1. The van der Waals surface area contributed by atoms with Crippen LogP contribution in [0.2, 0.25) is 0 Å². The molecule has 0 spiro atoms. The van der Waals surface area contributed by atoms with Gasteiger partial charge in [0, 0.05) is 39.2 Å². The second-order valence-electron chi connectivity index (χ2n) is 13.8. The van der Waals surface area contributed by atoms with E-state index in [9.17, 15) is 0 Å². The van der Waals surface area contributed by atoms with Gasteiger partial charge in [-0.1, -0.05) is 127 Å². The van der Waals surface area contributed by atoms with Crippen LogP contribution in [0, 0.1) is 0 Å². The zero-order chi connectivity index (χ0) is 33.0. The molecule has 1 aromatic heterocycles. The quantitative estimate of drug-likeness (QED) is 0.191. The summed E-state index contributed by atoms with van der Waals surface area (Å²) >= 11 is 0. The van der Waals surface area contributed by atoms with E-state index in [0.29, 0.717) is 0 Å². The molecule has 234 valence electrons. The molecule has 1 atom stereocenters. The van der Waals surface area contributed by atoms with Crippen molar-refractivity contribution in [1.29, 1.82) is 0 Å². The summed E-state index contributed by atoms with van der Waals surface area (Å²) in [7, 11) is 0. The van der Waals surface area contributed by atoms with Crippen LogP contribution in [0.5, 0.6) is 0 Å². The van der Waals surface area contributed by atoms with E-state index < -0.39 is 0 Å². The predicted molar refractivity (Wildman–Crippen MR) is 208 cm³/mol. The largest absolute Gasteiger partial charge is 0.456 e. The lowest BCUT2D eigenvalue weighted by Gasteiger charge is -2.30. The molecule has 0 radical (unpaired) electrons. The first-order chi connectivity index (χ1) is 24.7. The first-order valence-corrected chi connectivity index (χ1v) is 17.4. The van der Waals surface area contributed by atoms with Gasteiger partial charge in [-0.2, -0.15) is 0 Å². The number of benzene rings is 8. The maximum atomic E-state index is 6.48. The van der Waals surface area contributed by atoms with Crippen LogP contribution in [0.1, 0.15) is 23.6 Å². The highest BCUT2D eigenvalue weighted by molar-refractivity contribution is 6.16. The first-order valence-electron chi connectivity index (χ1n) is 17.4. The van der Waals surface area contributed by atoms with E-state index in [0.717, 1.165) is 39.0 Å². The standard InChI is InChI=1S/C48H31NO/c1-48(31-14-3-2-4-15-31)41-20-7-5-17-39(41)47-42(48)21-11-22-43(47)49(33-25-27-36-35-16-6-8-23-44(35)50-45(36)29-33)32-24-26-34-37-18-9-12-30-13-10-19-38(46(30)37)40(34)28-32/h2-29H,1H3. The second kappa shape index (κ2) is 10.1. The molecule has 0 amide bonds. The first kappa shape index (κ1) is 27.6. The van der Waals surface area contributed by atoms with Crippen molar-refractivity contribution in [3.05, 3.63) is 187 Å². The Morgan fingerprint density at radius 3 is 2.00 bits per heavy atom. The fraction of sp³-hybridized carbons (Fsp3) is 0.0417. The van der Waals surface area contributed by atoms with Gasteiger partial charge in [-0.15, -0.1) is 0 Å². The zero-order valence-corrected chi connectivity index (χ0v) is 27.5. The van der Waals surface area contributed by atoms with Gasteiger partial charge in [0.15, 0.2) is 0 Å². The highest BCUT2D eigenvalue weighted by Gasteiger charge is 2.42.